The first-order chi connectivity index (χ1) is 11.5. The minimum Gasteiger partial charge on any atom is -0.345 e. The Kier molecular flexibility index (Phi) is 7.21. The molecule has 0 spiro atoms. The fourth-order valence-corrected chi connectivity index (χ4v) is 4.50. The largest absolute Gasteiger partial charge is 0.345 e. The van der Waals surface area contributed by atoms with Gasteiger partial charge in [0.25, 0.3) is 0 Å². The second-order valence-electron chi connectivity index (χ2n) is 5.21. The first-order valence-corrected chi connectivity index (χ1v) is 9.69. The monoisotopic (exact) mass is 379 g/mol. The summed E-state index contributed by atoms with van der Waals surface area (Å²) >= 11 is 9.17. The molecule has 0 N–H and O–H groups in total. The highest BCUT2D eigenvalue weighted by Gasteiger charge is 2.17. The number of ketones is 1. The number of hydrogen-bond donors (Lipinski definition) is 0. The number of allylic oxidation sites excluding steroid dienone is 3. The number of nitrogens with zero attached hydrogens (tertiary/aromatic N) is 1. The van der Waals surface area contributed by atoms with Crippen molar-refractivity contribution in [3.05, 3.63) is 62.9 Å². The van der Waals surface area contributed by atoms with Crippen LogP contribution in [0.2, 0.25) is 5.02 Å². The highest BCUT2D eigenvalue weighted by molar-refractivity contribution is 8.25. The summed E-state index contributed by atoms with van der Waals surface area (Å²) in [6.45, 7) is 0. The smallest absolute Gasteiger partial charge is 0.246 e. The molecular weight excluding hydrogens is 362 g/mol. The van der Waals surface area contributed by atoms with Crippen molar-refractivity contribution in [1.82, 2.24) is 4.90 Å². The molecule has 0 saturated carbocycles. The van der Waals surface area contributed by atoms with E-state index in [4.69, 9.17) is 11.6 Å². The summed E-state index contributed by atoms with van der Waals surface area (Å²) < 4.78 is 0.976. The molecule has 0 atom stereocenters. The predicted molar refractivity (Wildman–Crippen MR) is 105 cm³/mol. The standard InChI is InChI=1S/C18H18ClNO2S2/c1-20(2)17(22)10-8-15(18-23-11-12-24-18)16(21)9-5-13-3-6-14(19)7-4-13/h3-10H,11-12H2,1-2H3/b9-5+,10-8+. The van der Waals surface area contributed by atoms with Gasteiger partial charge in [-0.15, -0.1) is 23.5 Å². The highest BCUT2D eigenvalue weighted by Crippen LogP contribution is 2.39. The van der Waals surface area contributed by atoms with Crippen LogP contribution in [0.1, 0.15) is 5.56 Å². The van der Waals surface area contributed by atoms with Crippen molar-refractivity contribution < 1.29 is 9.59 Å². The fourth-order valence-electron chi connectivity index (χ4n) is 1.86. The van der Waals surface area contributed by atoms with Crippen molar-refractivity contribution in [2.75, 3.05) is 25.6 Å². The van der Waals surface area contributed by atoms with Gasteiger partial charge in [-0.3, -0.25) is 9.59 Å². The number of thioether (sulfide) groups is 2. The lowest BCUT2D eigenvalue weighted by molar-refractivity contribution is -0.123. The van der Waals surface area contributed by atoms with E-state index in [0.29, 0.717) is 10.6 Å². The van der Waals surface area contributed by atoms with Crippen LogP contribution >= 0.6 is 35.1 Å². The molecule has 0 unspecified atom stereocenters. The van der Waals surface area contributed by atoms with Crippen molar-refractivity contribution in [1.29, 1.82) is 0 Å². The minimum absolute atomic E-state index is 0.107. The molecule has 126 valence electrons. The molecule has 0 radical (unpaired) electrons. The van der Waals surface area contributed by atoms with Crippen LogP contribution in [-0.4, -0.2) is 42.2 Å². The van der Waals surface area contributed by atoms with Crippen LogP contribution in [0.15, 0.2) is 52.3 Å². The van der Waals surface area contributed by atoms with Gasteiger partial charge in [0.05, 0.1) is 4.24 Å². The Bertz CT molecular complexity index is 698. The summed E-state index contributed by atoms with van der Waals surface area (Å²) in [5, 5.41) is 0.658. The molecule has 1 heterocycles. The van der Waals surface area contributed by atoms with E-state index in [1.165, 1.54) is 17.1 Å². The van der Waals surface area contributed by atoms with Crippen molar-refractivity contribution in [2.24, 2.45) is 0 Å². The number of halogens is 1. The molecule has 1 aromatic rings. The summed E-state index contributed by atoms with van der Waals surface area (Å²) in [5.74, 6) is 1.71. The molecule has 0 aromatic heterocycles. The van der Waals surface area contributed by atoms with Gasteiger partial charge in [-0.1, -0.05) is 29.8 Å². The third kappa shape index (κ3) is 5.58. The molecule has 1 aliphatic rings. The molecule has 1 fully saturated rings. The van der Waals surface area contributed by atoms with E-state index in [1.807, 2.05) is 12.1 Å². The average Bonchev–Trinajstić information content (AvgIpc) is 3.08. The fraction of sp³-hybridized carbons (Fsp3) is 0.222. The maximum atomic E-state index is 12.6. The van der Waals surface area contributed by atoms with Gasteiger partial charge in [0, 0.05) is 42.3 Å². The second-order valence-corrected chi connectivity index (χ2v) is 8.12. The summed E-state index contributed by atoms with van der Waals surface area (Å²) in [4.78, 5) is 25.8. The van der Waals surface area contributed by atoms with E-state index in [9.17, 15) is 9.59 Å². The number of likely N-dealkylation sites (N-methyl/N-ethyl adjacent to an activating group) is 1. The van der Waals surface area contributed by atoms with Crippen LogP contribution < -0.4 is 0 Å². The zero-order chi connectivity index (χ0) is 17.5. The maximum Gasteiger partial charge on any atom is 0.246 e. The molecule has 0 bridgehead atoms. The Morgan fingerprint density at radius 3 is 2.25 bits per heavy atom. The number of amides is 1. The minimum atomic E-state index is -0.143. The lowest BCUT2D eigenvalue weighted by Gasteiger charge is -2.06. The molecule has 2 rings (SSSR count). The quantitative estimate of drug-likeness (QED) is 0.716. The van der Waals surface area contributed by atoms with Crippen LogP contribution in [-0.2, 0) is 9.59 Å². The van der Waals surface area contributed by atoms with Gasteiger partial charge >= 0.3 is 0 Å². The number of benzene rings is 1. The SMILES string of the molecule is CN(C)C(=O)/C=C/C(C(=O)/C=C/c1ccc(Cl)cc1)=C1SCCS1. The van der Waals surface area contributed by atoms with Crippen molar-refractivity contribution in [3.8, 4) is 0 Å². The van der Waals surface area contributed by atoms with Gasteiger partial charge in [-0.05, 0) is 29.8 Å². The average molecular weight is 380 g/mol. The molecule has 1 amide bonds. The Morgan fingerprint density at radius 1 is 1.04 bits per heavy atom. The van der Waals surface area contributed by atoms with Gasteiger partial charge in [0.1, 0.15) is 0 Å². The van der Waals surface area contributed by atoms with Crippen LogP contribution in [0.3, 0.4) is 0 Å². The number of hydrogen-bond acceptors (Lipinski definition) is 4. The summed E-state index contributed by atoms with van der Waals surface area (Å²) in [7, 11) is 3.36. The first kappa shape index (κ1) is 18.9. The Morgan fingerprint density at radius 2 is 1.67 bits per heavy atom. The molecule has 0 aliphatic carbocycles. The third-order valence-electron chi connectivity index (χ3n) is 3.17. The predicted octanol–water partition coefficient (Wildman–Crippen LogP) is 4.26. The van der Waals surface area contributed by atoms with Crippen LogP contribution in [0.4, 0.5) is 0 Å². The van der Waals surface area contributed by atoms with Crippen molar-refractivity contribution in [2.45, 2.75) is 0 Å². The summed E-state index contributed by atoms with van der Waals surface area (Å²) in [5.41, 5.74) is 1.47. The van der Waals surface area contributed by atoms with Crippen molar-refractivity contribution >= 4 is 52.9 Å². The molecular formula is C18H18ClNO2S2. The van der Waals surface area contributed by atoms with E-state index in [0.717, 1.165) is 21.3 Å². The van der Waals surface area contributed by atoms with E-state index in [2.05, 4.69) is 0 Å². The summed E-state index contributed by atoms with van der Waals surface area (Å²) in [6.07, 6.45) is 6.36. The third-order valence-corrected chi connectivity index (χ3v) is 6.16. The van der Waals surface area contributed by atoms with Gasteiger partial charge in [0.15, 0.2) is 5.78 Å². The second kappa shape index (κ2) is 9.16. The molecule has 6 heteroatoms. The number of carbonyl (C=O) groups excluding carboxylic acids is 2. The number of rotatable bonds is 5. The van der Waals surface area contributed by atoms with Crippen LogP contribution in [0.25, 0.3) is 6.08 Å². The van der Waals surface area contributed by atoms with E-state index in [1.54, 1.807) is 61.9 Å². The first-order valence-electron chi connectivity index (χ1n) is 7.34. The van der Waals surface area contributed by atoms with Crippen LogP contribution in [0, 0.1) is 0 Å². The summed E-state index contributed by atoms with van der Waals surface area (Å²) in [6, 6.07) is 7.26. The lowest BCUT2D eigenvalue weighted by Crippen LogP contribution is -2.19. The van der Waals surface area contributed by atoms with Crippen molar-refractivity contribution in [3.63, 3.8) is 0 Å². The molecule has 3 nitrogen and oxygen atoms in total. The molecule has 1 aliphatic heterocycles. The Hall–Kier alpha value is -1.43. The number of carbonyl (C=O) groups is 2. The maximum absolute atomic E-state index is 12.6. The Balaban J connectivity index is 2.20. The van der Waals surface area contributed by atoms with E-state index < -0.39 is 0 Å². The molecule has 1 saturated heterocycles. The van der Waals surface area contributed by atoms with E-state index >= 15 is 0 Å². The topological polar surface area (TPSA) is 37.4 Å². The van der Waals surface area contributed by atoms with Gasteiger partial charge < -0.3 is 4.90 Å². The lowest BCUT2D eigenvalue weighted by atomic mass is 10.1. The highest BCUT2D eigenvalue weighted by atomic mass is 35.5. The Labute approximate surface area is 155 Å². The van der Waals surface area contributed by atoms with Crippen LogP contribution in [0.5, 0.6) is 0 Å². The molecule has 1 aromatic carbocycles. The van der Waals surface area contributed by atoms with Gasteiger partial charge in [-0.25, -0.2) is 0 Å². The normalized spacial score (nSPS) is 14.5. The molecule has 24 heavy (non-hydrogen) atoms. The van der Waals surface area contributed by atoms with E-state index in [-0.39, 0.29) is 11.7 Å². The zero-order valence-corrected chi connectivity index (χ0v) is 15.9. The van der Waals surface area contributed by atoms with Gasteiger partial charge in [-0.2, -0.15) is 0 Å². The zero-order valence-electron chi connectivity index (χ0n) is 13.5. The van der Waals surface area contributed by atoms with Gasteiger partial charge in [0.2, 0.25) is 5.91 Å².